The Kier molecular flexibility index (Phi) is 5.20. The summed E-state index contributed by atoms with van der Waals surface area (Å²) in [4.78, 5) is 15.6. The highest BCUT2D eigenvalue weighted by atomic mass is 32.1. The topological polar surface area (TPSA) is 24.8 Å². The zero-order valence-corrected chi connectivity index (χ0v) is 13.7. The molecule has 0 bridgehead atoms. The van der Waals surface area contributed by atoms with Crippen molar-refractivity contribution in [1.82, 2.24) is 4.90 Å². The molecule has 1 aliphatic heterocycles. The third kappa shape index (κ3) is 4.50. The lowest BCUT2D eigenvalue weighted by molar-refractivity contribution is -0.917. The van der Waals surface area contributed by atoms with Gasteiger partial charge in [-0.15, -0.1) is 0 Å². The van der Waals surface area contributed by atoms with Crippen LogP contribution in [0.1, 0.15) is 11.1 Å². The minimum atomic E-state index is -0.287. The smallest absolute Gasteiger partial charge is 0.246 e. The molecular weight excluding hydrogens is 311 g/mol. The average Bonchev–Trinajstić information content (AvgIpc) is 3.06. The van der Waals surface area contributed by atoms with Gasteiger partial charge in [-0.2, -0.15) is 11.3 Å². The van der Waals surface area contributed by atoms with Crippen LogP contribution >= 0.6 is 11.3 Å². The van der Waals surface area contributed by atoms with Crippen molar-refractivity contribution >= 4 is 23.3 Å². The van der Waals surface area contributed by atoms with Crippen LogP contribution in [0, 0.1) is 5.82 Å². The maximum absolute atomic E-state index is 13.1. The maximum atomic E-state index is 13.1. The van der Waals surface area contributed by atoms with E-state index in [0.717, 1.165) is 32.7 Å². The maximum Gasteiger partial charge on any atom is 0.246 e. The van der Waals surface area contributed by atoms with Gasteiger partial charge in [0, 0.05) is 11.6 Å². The molecule has 0 spiro atoms. The number of carbonyl (C=O) groups is 1. The van der Waals surface area contributed by atoms with Gasteiger partial charge >= 0.3 is 0 Å². The van der Waals surface area contributed by atoms with Crippen molar-refractivity contribution in [3.05, 3.63) is 64.1 Å². The van der Waals surface area contributed by atoms with Gasteiger partial charge in [-0.3, -0.25) is 4.79 Å². The molecule has 0 atom stereocenters. The molecule has 5 heteroatoms. The number of piperazine rings is 1. The third-order valence-electron chi connectivity index (χ3n) is 4.08. The summed E-state index contributed by atoms with van der Waals surface area (Å²) in [7, 11) is 0. The molecule has 1 amide bonds. The summed E-state index contributed by atoms with van der Waals surface area (Å²) in [6.45, 7) is 4.51. The van der Waals surface area contributed by atoms with Gasteiger partial charge in [-0.05, 0) is 40.6 Å². The highest BCUT2D eigenvalue weighted by Gasteiger charge is 2.22. The molecule has 1 aliphatic rings. The van der Waals surface area contributed by atoms with Crippen LogP contribution in [0.2, 0.25) is 0 Å². The largest absolute Gasteiger partial charge is 0.328 e. The minimum absolute atomic E-state index is 0.00356. The average molecular weight is 331 g/mol. The molecule has 1 fully saturated rings. The zero-order chi connectivity index (χ0) is 16.1. The lowest BCUT2D eigenvalue weighted by Crippen LogP contribution is -3.13. The highest BCUT2D eigenvalue weighted by molar-refractivity contribution is 7.07. The van der Waals surface area contributed by atoms with Crippen molar-refractivity contribution in [1.29, 1.82) is 0 Å². The number of benzene rings is 1. The Labute approximate surface area is 139 Å². The molecule has 0 aliphatic carbocycles. The number of thiophene rings is 1. The second-order valence-electron chi connectivity index (χ2n) is 5.77. The van der Waals surface area contributed by atoms with Crippen LogP contribution in [0.15, 0.2) is 47.2 Å². The van der Waals surface area contributed by atoms with Crippen LogP contribution in [0.4, 0.5) is 4.39 Å². The third-order valence-corrected chi connectivity index (χ3v) is 4.82. The first kappa shape index (κ1) is 15.9. The fraction of sp³-hybridized carbons (Fsp3) is 0.278. The molecule has 0 radical (unpaired) electrons. The first-order valence-corrected chi connectivity index (χ1v) is 8.72. The molecule has 2 heterocycles. The lowest BCUT2D eigenvalue weighted by Gasteiger charge is -2.31. The van der Waals surface area contributed by atoms with Gasteiger partial charge in [-0.1, -0.05) is 12.1 Å². The predicted molar refractivity (Wildman–Crippen MR) is 90.7 cm³/mol. The van der Waals surface area contributed by atoms with E-state index in [-0.39, 0.29) is 11.7 Å². The van der Waals surface area contributed by atoms with Crippen molar-refractivity contribution in [3.63, 3.8) is 0 Å². The number of quaternary nitrogens is 1. The Balaban J connectivity index is 1.50. The molecule has 1 aromatic carbocycles. The molecule has 1 aromatic heterocycles. The minimum Gasteiger partial charge on any atom is -0.328 e. The Morgan fingerprint density at radius 2 is 2.13 bits per heavy atom. The number of amides is 1. The van der Waals surface area contributed by atoms with Gasteiger partial charge in [-0.25, -0.2) is 4.39 Å². The molecule has 23 heavy (non-hydrogen) atoms. The molecule has 3 nitrogen and oxygen atoms in total. The summed E-state index contributed by atoms with van der Waals surface area (Å²) in [5.41, 5.74) is 2.08. The summed E-state index contributed by atoms with van der Waals surface area (Å²) in [5.74, 6) is -0.283. The normalized spacial score (nSPS) is 16.1. The fourth-order valence-electron chi connectivity index (χ4n) is 2.79. The van der Waals surface area contributed by atoms with E-state index in [1.807, 2.05) is 4.90 Å². The number of hydrogen-bond acceptors (Lipinski definition) is 2. The summed E-state index contributed by atoms with van der Waals surface area (Å²) < 4.78 is 13.1. The predicted octanol–water partition coefficient (Wildman–Crippen LogP) is 1.83. The van der Waals surface area contributed by atoms with E-state index in [1.54, 1.807) is 35.6 Å². The van der Waals surface area contributed by atoms with Crippen LogP contribution in [-0.4, -0.2) is 37.0 Å². The summed E-state index contributed by atoms with van der Waals surface area (Å²) in [6, 6.07) is 8.42. The monoisotopic (exact) mass is 331 g/mol. The molecule has 0 unspecified atom stereocenters. The molecule has 1 N–H and O–H groups in total. The summed E-state index contributed by atoms with van der Waals surface area (Å²) in [6.07, 6.45) is 3.22. The second kappa shape index (κ2) is 7.53. The molecule has 1 saturated heterocycles. The van der Waals surface area contributed by atoms with Crippen LogP contribution < -0.4 is 4.90 Å². The Bertz CT molecular complexity index is 676. The van der Waals surface area contributed by atoms with Crippen molar-refractivity contribution in [3.8, 4) is 0 Å². The first-order chi connectivity index (χ1) is 11.2. The van der Waals surface area contributed by atoms with Gasteiger partial charge in [0.2, 0.25) is 5.91 Å². The quantitative estimate of drug-likeness (QED) is 0.850. The van der Waals surface area contributed by atoms with Gasteiger partial charge in [0.1, 0.15) is 12.4 Å². The van der Waals surface area contributed by atoms with Crippen molar-refractivity contribution in [2.75, 3.05) is 26.2 Å². The van der Waals surface area contributed by atoms with Gasteiger partial charge in [0.05, 0.1) is 26.2 Å². The van der Waals surface area contributed by atoms with E-state index in [2.05, 4.69) is 16.8 Å². The van der Waals surface area contributed by atoms with Gasteiger partial charge in [0.25, 0.3) is 0 Å². The number of nitrogens with one attached hydrogen (secondary N) is 1. The van der Waals surface area contributed by atoms with Crippen molar-refractivity contribution < 1.29 is 14.1 Å². The van der Waals surface area contributed by atoms with E-state index < -0.39 is 0 Å². The number of nitrogens with zero attached hydrogens (tertiary/aromatic N) is 1. The number of hydrogen-bond donors (Lipinski definition) is 1. The standard InChI is InChI=1S/C18H19FN2OS/c19-17-3-1-2-15(12-17)4-5-18(22)21-9-7-20(8-10-21)13-16-6-11-23-14-16/h1-6,11-12,14H,7-10,13H2/p+1/b5-4+. The van der Waals surface area contributed by atoms with Crippen LogP contribution in [0.3, 0.4) is 0 Å². The number of rotatable bonds is 4. The zero-order valence-electron chi connectivity index (χ0n) is 12.9. The van der Waals surface area contributed by atoms with Gasteiger partial charge in [0.15, 0.2) is 0 Å². The van der Waals surface area contributed by atoms with Crippen LogP contribution in [-0.2, 0) is 11.3 Å². The number of carbonyl (C=O) groups excluding carboxylic acids is 1. The SMILES string of the molecule is O=C(/C=C/c1cccc(F)c1)N1CC[NH+](Cc2ccsc2)CC1. The van der Waals surface area contributed by atoms with Crippen molar-refractivity contribution in [2.45, 2.75) is 6.54 Å². The van der Waals surface area contributed by atoms with E-state index in [0.29, 0.717) is 5.56 Å². The highest BCUT2D eigenvalue weighted by Crippen LogP contribution is 2.06. The Morgan fingerprint density at radius 1 is 1.30 bits per heavy atom. The summed E-state index contributed by atoms with van der Waals surface area (Å²) in [5, 5.41) is 4.29. The van der Waals surface area contributed by atoms with E-state index >= 15 is 0 Å². The van der Waals surface area contributed by atoms with E-state index in [9.17, 15) is 9.18 Å². The Morgan fingerprint density at radius 3 is 2.83 bits per heavy atom. The molecule has 120 valence electrons. The first-order valence-electron chi connectivity index (χ1n) is 7.78. The van der Waals surface area contributed by atoms with Crippen molar-refractivity contribution in [2.24, 2.45) is 0 Å². The summed E-state index contributed by atoms with van der Waals surface area (Å²) >= 11 is 1.73. The molecular formula is C18H20FN2OS+. The second-order valence-corrected chi connectivity index (χ2v) is 6.55. The van der Waals surface area contributed by atoms with Gasteiger partial charge < -0.3 is 9.80 Å². The van der Waals surface area contributed by atoms with E-state index in [4.69, 9.17) is 0 Å². The molecule has 2 aromatic rings. The Hall–Kier alpha value is -1.98. The number of halogens is 1. The molecule has 0 saturated carbocycles. The molecule has 3 rings (SSSR count). The van der Waals surface area contributed by atoms with Crippen LogP contribution in [0.25, 0.3) is 6.08 Å². The fourth-order valence-corrected chi connectivity index (χ4v) is 3.45. The lowest BCUT2D eigenvalue weighted by atomic mass is 10.2. The van der Waals surface area contributed by atoms with E-state index in [1.165, 1.54) is 22.6 Å². The van der Waals surface area contributed by atoms with Crippen LogP contribution in [0.5, 0.6) is 0 Å².